The lowest BCUT2D eigenvalue weighted by molar-refractivity contribution is 0.113. The third-order valence-electron chi connectivity index (χ3n) is 1.84. The van der Waals surface area contributed by atoms with Crippen molar-refractivity contribution in [1.29, 1.82) is 0 Å². The first-order valence-corrected chi connectivity index (χ1v) is 5.69. The third kappa shape index (κ3) is 3.21. The van der Waals surface area contributed by atoms with Gasteiger partial charge >= 0.3 is 0 Å². The van der Waals surface area contributed by atoms with Gasteiger partial charge in [0.25, 0.3) is 0 Å². The number of rotatable bonds is 4. The molecule has 0 heterocycles. The highest BCUT2D eigenvalue weighted by Gasteiger charge is 2.09. The zero-order chi connectivity index (χ0) is 10.6. The molecule has 0 aromatic heterocycles. The molecule has 0 bridgehead atoms. The summed E-state index contributed by atoms with van der Waals surface area (Å²) < 4.78 is 11.6. The highest BCUT2D eigenvalue weighted by molar-refractivity contribution is 7.85. The van der Waals surface area contributed by atoms with Crippen LogP contribution in [0.1, 0.15) is 5.56 Å². The SMILES string of the molecule is Cc1ccc([S@](=O)C[C@@H](O)CO)cc1. The Morgan fingerprint density at radius 2 is 1.93 bits per heavy atom. The number of hydrogen-bond donors (Lipinski definition) is 2. The van der Waals surface area contributed by atoms with E-state index in [1.165, 1.54) is 0 Å². The van der Waals surface area contributed by atoms with E-state index in [4.69, 9.17) is 10.2 Å². The number of aliphatic hydroxyl groups excluding tert-OH is 2. The van der Waals surface area contributed by atoms with Gasteiger partial charge in [0.1, 0.15) is 0 Å². The molecule has 2 N–H and O–H groups in total. The summed E-state index contributed by atoms with van der Waals surface area (Å²) >= 11 is 0. The molecule has 0 amide bonds. The summed E-state index contributed by atoms with van der Waals surface area (Å²) in [6, 6.07) is 7.29. The van der Waals surface area contributed by atoms with Crippen LogP contribution in [0.5, 0.6) is 0 Å². The predicted octanol–water partition coefficient (Wildman–Crippen LogP) is 0.456. The summed E-state index contributed by atoms with van der Waals surface area (Å²) in [6.45, 7) is 1.60. The average molecular weight is 214 g/mol. The van der Waals surface area contributed by atoms with Gasteiger partial charge in [-0.25, -0.2) is 0 Å². The maximum atomic E-state index is 11.6. The number of aliphatic hydroxyl groups is 2. The maximum absolute atomic E-state index is 11.6. The first kappa shape index (κ1) is 11.4. The van der Waals surface area contributed by atoms with Crippen molar-refractivity contribution in [3.8, 4) is 0 Å². The molecule has 0 saturated carbocycles. The van der Waals surface area contributed by atoms with Gasteiger partial charge < -0.3 is 10.2 Å². The van der Waals surface area contributed by atoms with Crippen molar-refractivity contribution in [2.45, 2.75) is 17.9 Å². The molecule has 0 spiro atoms. The van der Waals surface area contributed by atoms with Crippen LogP contribution in [-0.2, 0) is 10.8 Å². The molecule has 14 heavy (non-hydrogen) atoms. The van der Waals surface area contributed by atoms with Crippen molar-refractivity contribution in [3.05, 3.63) is 29.8 Å². The molecule has 0 fully saturated rings. The second-order valence-corrected chi connectivity index (χ2v) is 4.66. The Kier molecular flexibility index (Phi) is 4.25. The first-order chi connectivity index (χ1) is 6.63. The van der Waals surface area contributed by atoms with Crippen LogP contribution in [0.15, 0.2) is 29.2 Å². The maximum Gasteiger partial charge on any atom is 0.0889 e. The topological polar surface area (TPSA) is 57.5 Å². The van der Waals surface area contributed by atoms with Crippen molar-refractivity contribution in [1.82, 2.24) is 0 Å². The van der Waals surface area contributed by atoms with Crippen molar-refractivity contribution in [2.75, 3.05) is 12.4 Å². The van der Waals surface area contributed by atoms with Crippen LogP contribution in [0, 0.1) is 6.92 Å². The van der Waals surface area contributed by atoms with Crippen molar-refractivity contribution >= 4 is 10.8 Å². The summed E-state index contributed by atoms with van der Waals surface area (Å²) in [5.74, 6) is 0.0829. The van der Waals surface area contributed by atoms with Crippen LogP contribution in [-0.4, -0.2) is 32.9 Å². The second-order valence-electron chi connectivity index (χ2n) is 3.16. The zero-order valence-corrected chi connectivity index (χ0v) is 8.83. The molecule has 0 radical (unpaired) electrons. The van der Waals surface area contributed by atoms with Gasteiger partial charge in [-0.3, -0.25) is 4.21 Å². The van der Waals surface area contributed by atoms with Gasteiger partial charge in [-0.05, 0) is 19.1 Å². The fourth-order valence-corrected chi connectivity index (χ4v) is 2.10. The Balaban J connectivity index is 2.65. The summed E-state index contributed by atoms with van der Waals surface area (Å²) in [6.07, 6.45) is -0.905. The van der Waals surface area contributed by atoms with E-state index in [1.807, 2.05) is 19.1 Å². The summed E-state index contributed by atoms with van der Waals surface area (Å²) in [4.78, 5) is 0.683. The van der Waals surface area contributed by atoms with Crippen LogP contribution < -0.4 is 0 Å². The molecule has 0 aliphatic carbocycles. The molecule has 0 unspecified atom stereocenters. The third-order valence-corrected chi connectivity index (χ3v) is 3.32. The normalized spacial score (nSPS) is 15.1. The summed E-state index contributed by atoms with van der Waals surface area (Å²) in [7, 11) is -1.23. The van der Waals surface area contributed by atoms with Crippen molar-refractivity contribution in [2.24, 2.45) is 0 Å². The minimum atomic E-state index is -1.23. The van der Waals surface area contributed by atoms with Crippen LogP contribution in [0.25, 0.3) is 0 Å². The number of benzene rings is 1. The molecule has 1 rings (SSSR count). The molecule has 1 aromatic carbocycles. The number of hydrogen-bond acceptors (Lipinski definition) is 3. The molecular weight excluding hydrogens is 200 g/mol. The summed E-state index contributed by atoms with van der Waals surface area (Å²) in [5.41, 5.74) is 1.11. The standard InChI is InChI=1S/C10H14O3S/c1-8-2-4-10(5-3-8)14(13)7-9(12)6-11/h2-5,9,11-12H,6-7H2,1H3/t9-,14+/m0/s1. The van der Waals surface area contributed by atoms with Crippen LogP contribution in [0.4, 0.5) is 0 Å². The van der Waals surface area contributed by atoms with E-state index in [2.05, 4.69) is 0 Å². The van der Waals surface area contributed by atoms with Gasteiger partial charge in [-0.1, -0.05) is 17.7 Å². The molecule has 0 saturated heterocycles. The van der Waals surface area contributed by atoms with Crippen LogP contribution in [0.2, 0.25) is 0 Å². The Hall–Kier alpha value is -0.710. The molecule has 3 nitrogen and oxygen atoms in total. The highest BCUT2D eigenvalue weighted by Crippen LogP contribution is 2.09. The smallest absolute Gasteiger partial charge is 0.0889 e. The fraction of sp³-hybridized carbons (Fsp3) is 0.400. The Labute approximate surface area is 85.9 Å². The highest BCUT2D eigenvalue weighted by atomic mass is 32.2. The van der Waals surface area contributed by atoms with Crippen LogP contribution in [0.3, 0.4) is 0 Å². The zero-order valence-electron chi connectivity index (χ0n) is 8.01. The fourth-order valence-electron chi connectivity index (χ4n) is 1.01. The van der Waals surface area contributed by atoms with Crippen molar-refractivity contribution in [3.63, 3.8) is 0 Å². The van der Waals surface area contributed by atoms with E-state index in [-0.39, 0.29) is 12.4 Å². The van der Waals surface area contributed by atoms with E-state index in [9.17, 15) is 4.21 Å². The van der Waals surface area contributed by atoms with Crippen molar-refractivity contribution < 1.29 is 14.4 Å². The Morgan fingerprint density at radius 3 is 2.43 bits per heavy atom. The Bertz CT molecular complexity index is 308. The monoisotopic (exact) mass is 214 g/mol. The van der Waals surface area contributed by atoms with Gasteiger partial charge in [0.15, 0.2) is 0 Å². The largest absolute Gasteiger partial charge is 0.394 e. The van der Waals surface area contributed by atoms with Gasteiger partial charge in [-0.2, -0.15) is 0 Å². The average Bonchev–Trinajstić information content (AvgIpc) is 2.18. The van der Waals surface area contributed by atoms with E-state index in [0.717, 1.165) is 5.56 Å². The van der Waals surface area contributed by atoms with E-state index < -0.39 is 16.9 Å². The molecule has 0 aliphatic heterocycles. The second kappa shape index (κ2) is 5.24. The van der Waals surface area contributed by atoms with E-state index in [1.54, 1.807) is 12.1 Å². The quantitative estimate of drug-likeness (QED) is 0.765. The molecule has 4 heteroatoms. The van der Waals surface area contributed by atoms with Gasteiger partial charge in [0, 0.05) is 4.90 Å². The lowest BCUT2D eigenvalue weighted by Gasteiger charge is -2.06. The van der Waals surface area contributed by atoms with Gasteiger partial charge in [0.05, 0.1) is 29.3 Å². The van der Waals surface area contributed by atoms with Gasteiger partial charge in [-0.15, -0.1) is 0 Å². The van der Waals surface area contributed by atoms with E-state index >= 15 is 0 Å². The van der Waals surface area contributed by atoms with Crippen LogP contribution >= 0.6 is 0 Å². The molecular formula is C10H14O3S. The van der Waals surface area contributed by atoms with E-state index in [0.29, 0.717) is 4.90 Å². The molecule has 2 atom stereocenters. The Morgan fingerprint density at radius 1 is 1.36 bits per heavy atom. The first-order valence-electron chi connectivity index (χ1n) is 4.37. The minimum Gasteiger partial charge on any atom is -0.394 e. The number of aryl methyl sites for hydroxylation is 1. The van der Waals surface area contributed by atoms with Gasteiger partial charge in [0.2, 0.25) is 0 Å². The predicted molar refractivity (Wildman–Crippen MR) is 55.5 cm³/mol. The molecule has 78 valence electrons. The lowest BCUT2D eigenvalue weighted by atomic mass is 10.2. The minimum absolute atomic E-state index is 0.0829. The molecule has 0 aliphatic rings. The summed E-state index contributed by atoms with van der Waals surface area (Å²) in [5, 5.41) is 17.7. The lowest BCUT2D eigenvalue weighted by Crippen LogP contribution is -2.20. The molecule has 1 aromatic rings.